The average molecular weight is 471 g/mol. The van der Waals surface area contributed by atoms with E-state index in [1.165, 1.54) is 12.8 Å². The molecule has 2 fully saturated rings. The van der Waals surface area contributed by atoms with E-state index < -0.39 is 0 Å². The number of nitrogens with zero attached hydrogens (tertiary/aromatic N) is 5. The lowest BCUT2D eigenvalue weighted by atomic mass is 10.0. The zero-order chi connectivity index (χ0) is 19.1. The van der Waals surface area contributed by atoms with Gasteiger partial charge in [0.1, 0.15) is 11.4 Å². The quantitative estimate of drug-likeness (QED) is 0.537. The molecule has 5 rings (SSSR count). The first-order valence-electron chi connectivity index (χ1n) is 9.40. The van der Waals surface area contributed by atoms with Crippen molar-refractivity contribution in [3.8, 4) is 28.1 Å². The van der Waals surface area contributed by atoms with Crippen LogP contribution in [0.4, 0.5) is 5.95 Å². The monoisotopic (exact) mass is 469 g/mol. The Morgan fingerprint density at radius 1 is 1.13 bits per heavy atom. The molecular formula is C19H22Cl3N7O. The number of piperazine rings is 1. The second-order valence-corrected chi connectivity index (χ2v) is 7.67. The SMILES string of the molecule is Cl.Cl.Oc1cc(-c2c[nH]nc2Cl)ccc1-c1cnc(N2CCN[C@@H](C3CC3)C2)nn1. The molecule has 3 heterocycles. The average Bonchev–Trinajstić information content (AvgIpc) is 3.49. The molecule has 1 saturated carbocycles. The van der Waals surface area contributed by atoms with E-state index in [1.807, 2.05) is 6.07 Å². The van der Waals surface area contributed by atoms with Gasteiger partial charge in [-0.1, -0.05) is 17.7 Å². The van der Waals surface area contributed by atoms with Gasteiger partial charge in [0.25, 0.3) is 0 Å². The fourth-order valence-corrected chi connectivity index (χ4v) is 3.92. The number of anilines is 1. The van der Waals surface area contributed by atoms with Crippen molar-refractivity contribution in [2.24, 2.45) is 5.92 Å². The Balaban J connectivity index is 0.00000128. The summed E-state index contributed by atoms with van der Waals surface area (Å²) in [6.07, 6.45) is 5.97. The molecule has 30 heavy (non-hydrogen) atoms. The summed E-state index contributed by atoms with van der Waals surface area (Å²) in [5.74, 6) is 1.51. The number of benzene rings is 1. The number of aromatic nitrogens is 5. The van der Waals surface area contributed by atoms with Crippen LogP contribution in [0.25, 0.3) is 22.4 Å². The zero-order valence-corrected chi connectivity index (χ0v) is 18.3. The lowest BCUT2D eigenvalue weighted by molar-refractivity contribution is 0.414. The highest BCUT2D eigenvalue weighted by molar-refractivity contribution is 6.32. The molecule has 8 nitrogen and oxygen atoms in total. The molecule has 1 atom stereocenters. The minimum absolute atomic E-state index is 0. The molecule has 160 valence electrons. The molecule has 0 amide bonds. The maximum Gasteiger partial charge on any atom is 0.245 e. The third kappa shape index (κ3) is 4.46. The van der Waals surface area contributed by atoms with Crippen LogP contribution >= 0.6 is 36.4 Å². The van der Waals surface area contributed by atoms with Crippen LogP contribution in [-0.2, 0) is 0 Å². The Morgan fingerprint density at radius 2 is 1.97 bits per heavy atom. The zero-order valence-electron chi connectivity index (χ0n) is 16.0. The third-order valence-corrected chi connectivity index (χ3v) is 5.70. The molecule has 0 bridgehead atoms. The maximum absolute atomic E-state index is 10.5. The first-order valence-corrected chi connectivity index (χ1v) is 9.78. The van der Waals surface area contributed by atoms with Gasteiger partial charge in [-0.25, -0.2) is 4.98 Å². The molecule has 1 saturated heterocycles. The predicted octanol–water partition coefficient (Wildman–Crippen LogP) is 3.32. The van der Waals surface area contributed by atoms with Crippen molar-refractivity contribution < 1.29 is 5.11 Å². The van der Waals surface area contributed by atoms with Crippen LogP contribution in [0.2, 0.25) is 5.15 Å². The van der Waals surface area contributed by atoms with Gasteiger partial charge in [-0.15, -0.1) is 35.0 Å². The molecule has 1 aliphatic heterocycles. The van der Waals surface area contributed by atoms with Gasteiger partial charge in [0, 0.05) is 43.0 Å². The topological polar surface area (TPSA) is 103 Å². The minimum Gasteiger partial charge on any atom is -0.507 e. The van der Waals surface area contributed by atoms with Crippen LogP contribution in [-0.4, -0.2) is 56.2 Å². The van der Waals surface area contributed by atoms with E-state index in [0.717, 1.165) is 36.7 Å². The standard InChI is InChI=1S/C19H20ClN7O.2ClH/c20-18-14(8-23-25-18)12-3-4-13(17(28)7-12)15-9-22-19(26-24-15)27-6-5-21-16(10-27)11-1-2-11;;/h3-4,7-9,11,16,21,28H,1-2,5-6,10H2,(H,23,25);2*1H/t16-;;/m1../s1. The number of halogens is 3. The van der Waals surface area contributed by atoms with Crippen molar-refractivity contribution in [1.82, 2.24) is 30.7 Å². The van der Waals surface area contributed by atoms with Gasteiger partial charge in [0.2, 0.25) is 5.95 Å². The molecule has 11 heteroatoms. The second kappa shape index (κ2) is 9.34. The molecule has 2 aromatic heterocycles. The smallest absolute Gasteiger partial charge is 0.245 e. The normalized spacial score (nSPS) is 18.4. The Morgan fingerprint density at radius 3 is 2.60 bits per heavy atom. The molecule has 0 spiro atoms. The first-order chi connectivity index (χ1) is 13.7. The number of aromatic amines is 1. The number of hydrogen-bond donors (Lipinski definition) is 3. The van der Waals surface area contributed by atoms with Crippen molar-refractivity contribution in [1.29, 1.82) is 0 Å². The van der Waals surface area contributed by atoms with Crippen molar-refractivity contribution in [2.75, 3.05) is 24.5 Å². The Hall–Kier alpha value is -2.13. The summed E-state index contributed by atoms with van der Waals surface area (Å²) < 4.78 is 0. The van der Waals surface area contributed by atoms with Gasteiger partial charge in [-0.05, 0) is 36.5 Å². The van der Waals surface area contributed by atoms with Crippen molar-refractivity contribution in [3.63, 3.8) is 0 Å². The number of rotatable bonds is 4. The van der Waals surface area contributed by atoms with Gasteiger partial charge in [0.15, 0.2) is 5.15 Å². The van der Waals surface area contributed by atoms with Gasteiger partial charge in [-0.2, -0.15) is 5.10 Å². The number of aromatic hydroxyl groups is 1. The Kier molecular flexibility index (Phi) is 7.02. The molecule has 2 aliphatic rings. The largest absolute Gasteiger partial charge is 0.507 e. The van der Waals surface area contributed by atoms with Crippen molar-refractivity contribution in [3.05, 3.63) is 35.7 Å². The highest BCUT2D eigenvalue weighted by Crippen LogP contribution is 2.35. The summed E-state index contributed by atoms with van der Waals surface area (Å²) >= 11 is 6.04. The summed E-state index contributed by atoms with van der Waals surface area (Å²) in [5.41, 5.74) is 2.60. The second-order valence-electron chi connectivity index (χ2n) is 7.31. The van der Waals surface area contributed by atoms with Crippen molar-refractivity contribution >= 4 is 42.4 Å². The fourth-order valence-electron chi connectivity index (χ4n) is 3.70. The Labute approximate surface area is 191 Å². The van der Waals surface area contributed by atoms with Crippen LogP contribution < -0.4 is 10.2 Å². The number of H-pyrrole nitrogens is 1. The van der Waals surface area contributed by atoms with Crippen molar-refractivity contribution in [2.45, 2.75) is 18.9 Å². The van der Waals surface area contributed by atoms with E-state index >= 15 is 0 Å². The molecule has 1 aromatic carbocycles. The highest BCUT2D eigenvalue weighted by Gasteiger charge is 2.34. The fraction of sp³-hybridized carbons (Fsp3) is 0.368. The van der Waals surface area contributed by atoms with E-state index in [9.17, 15) is 5.11 Å². The Bertz CT molecular complexity index is 994. The number of phenols is 1. The maximum atomic E-state index is 10.5. The van der Waals surface area contributed by atoms with E-state index in [1.54, 1.807) is 24.5 Å². The van der Waals surface area contributed by atoms with Crippen LogP contribution in [0.15, 0.2) is 30.6 Å². The molecular weight excluding hydrogens is 449 g/mol. The van der Waals surface area contributed by atoms with Gasteiger partial charge in [0.05, 0.1) is 6.20 Å². The summed E-state index contributed by atoms with van der Waals surface area (Å²) in [4.78, 5) is 6.68. The van der Waals surface area contributed by atoms with Crippen LogP contribution in [0, 0.1) is 5.92 Å². The summed E-state index contributed by atoms with van der Waals surface area (Å²) in [5, 5.41) is 29.6. The highest BCUT2D eigenvalue weighted by atomic mass is 35.5. The van der Waals surface area contributed by atoms with Crippen LogP contribution in [0.5, 0.6) is 5.75 Å². The molecule has 0 unspecified atom stereocenters. The van der Waals surface area contributed by atoms with E-state index in [4.69, 9.17) is 11.6 Å². The number of nitrogens with one attached hydrogen (secondary N) is 2. The molecule has 1 aliphatic carbocycles. The van der Waals surface area contributed by atoms with E-state index in [0.29, 0.717) is 28.4 Å². The van der Waals surface area contributed by atoms with Gasteiger partial charge in [-0.3, -0.25) is 5.10 Å². The summed E-state index contributed by atoms with van der Waals surface area (Å²) in [7, 11) is 0. The van der Waals surface area contributed by atoms with E-state index in [2.05, 4.69) is 35.6 Å². The molecule has 3 N–H and O–H groups in total. The lowest BCUT2D eigenvalue weighted by Crippen LogP contribution is -2.52. The summed E-state index contributed by atoms with van der Waals surface area (Å²) in [6.45, 7) is 2.72. The van der Waals surface area contributed by atoms with Crippen LogP contribution in [0.1, 0.15) is 12.8 Å². The predicted molar refractivity (Wildman–Crippen MR) is 121 cm³/mol. The third-order valence-electron chi connectivity index (χ3n) is 5.41. The number of phenolic OH excluding ortho intramolecular Hbond substituents is 1. The molecule has 0 radical (unpaired) electrons. The molecule has 3 aromatic rings. The number of hydrogen-bond acceptors (Lipinski definition) is 7. The van der Waals surface area contributed by atoms with Crippen LogP contribution in [0.3, 0.4) is 0 Å². The first kappa shape index (κ1) is 22.6. The van der Waals surface area contributed by atoms with E-state index in [-0.39, 0.29) is 30.6 Å². The lowest BCUT2D eigenvalue weighted by Gasteiger charge is -2.33. The van der Waals surface area contributed by atoms with Gasteiger partial charge >= 0.3 is 0 Å². The minimum atomic E-state index is 0. The van der Waals surface area contributed by atoms with Gasteiger partial charge < -0.3 is 15.3 Å². The summed E-state index contributed by atoms with van der Waals surface area (Å²) in [6, 6.07) is 5.80.